The highest BCUT2D eigenvalue weighted by molar-refractivity contribution is 6.61. The van der Waals surface area contributed by atoms with E-state index in [1.807, 2.05) is 32.6 Å². The second-order valence-corrected chi connectivity index (χ2v) is 11.7. The summed E-state index contributed by atoms with van der Waals surface area (Å²) < 4.78 is 23.1. The number of ether oxygens (including phenoxy) is 2. The highest BCUT2D eigenvalue weighted by atomic mass is 16.7. The van der Waals surface area contributed by atoms with E-state index in [4.69, 9.17) is 18.8 Å². The maximum absolute atomic E-state index is 12.8. The molecule has 0 radical (unpaired) electrons. The van der Waals surface area contributed by atoms with Crippen LogP contribution in [0.5, 0.6) is 6.01 Å². The van der Waals surface area contributed by atoms with Gasteiger partial charge in [-0.2, -0.15) is 0 Å². The number of hydrogen-bond donors (Lipinski definition) is 1. The topological polar surface area (TPSA) is 112 Å². The van der Waals surface area contributed by atoms with E-state index in [9.17, 15) is 9.59 Å². The molecular weight excluding hydrogens is 463 g/mol. The van der Waals surface area contributed by atoms with Crippen LogP contribution in [0.4, 0.5) is 4.79 Å². The lowest BCUT2D eigenvalue weighted by Crippen LogP contribution is -2.50. The Hall–Kier alpha value is -2.40. The summed E-state index contributed by atoms with van der Waals surface area (Å²) >= 11 is 0. The number of nitrogens with one attached hydrogen (secondary N) is 1. The standard InChI is InChI=1S/C25H41BN4O6/c1-17(29-22(32)34-23(2,3)4)20(31)30-12-9-10-18(16-30)11-13-33-21-27-14-19(15-28-21)26-35-24(5,6)25(7,8)36-26/h14-15,17-18H,9-13,16H2,1-8H3,(H,29,32). The molecule has 2 aliphatic heterocycles. The summed E-state index contributed by atoms with van der Waals surface area (Å²) in [5.74, 6) is 0.202. The minimum absolute atomic E-state index is 0.104. The normalized spacial score (nSPS) is 22.2. The zero-order valence-electron chi connectivity index (χ0n) is 22.9. The maximum atomic E-state index is 12.8. The van der Waals surface area contributed by atoms with Gasteiger partial charge in [-0.25, -0.2) is 14.8 Å². The Kier molecular flexibility index (Phi) is 8.55. The fourth-order valence-electron chi connectivity index (χ4n) is 4.14. The number of rotatable bonds is 7. The van der Waals surface area contributed by atoms with E-state index >= 15 is 0 Å². The van der Waals surface area contributed by atoms with Crippen molar-refractivity contribution in [2.75, 3.05) is 19.7 Å². The molecule has 2 atom stereocenters. The third kappa shape index (κ3) is 7.32. The molecule has 2 unspecified atom stereocenters. The first-order valence-corrected chi connectivity index (χ1v) is 12.8. The highest BCUT2D eigenvalue weighted by Crippen LogP contribution is 2.36. The van der Waals surface area contributed by atoms with Crippen molar-refractivity contribution in [1.29, 1.82) is 0 Å². The number of carbonyl (C=O) groups is 2. The molecule has 3 heterocycles. The van der Waals surface area contributed by atoms with Crippen molar-refractivity contribution in [3.8, 4) is 6.01 Å². The number of likely N-dealkylation sites (tertiary alicyclic amines) is 1. The molecule has 0 aromatic carbocycles. The van der Waals surface area contributed by atoms with Gasteiger partial charge < -0.3 is 29.0 Å². The molecule has 0 aliphatic carbocycles. The second kappa shape index (κ2) is 10.9. The van der Waals surface area contributed by atoms with E-state index in [1.54, 1.807) is 40.1 Å². The van der Waals surface area contributed by atoms with Crippen molar-refractivity contribution >= 4 is 24.6 Å². The monoisotopic (exact) mass is 504 g/mol. The van der Waals surface area contributed by atoms with Gasteiger partial charge in [-0.05, 0) is 80.6 Å². The summed E-state index contributed by atoms with van der Waals surface area (Å²) in [6.07, 6.45) is 5.46. The van der Waals surface area contributed by atoms with Crippen molar-refractivity contribution in [2.45, 2.75) is 97.5 Å². The van der Waals surface area contributed by atoms with Crippen molar-refractivity contribution < 1.29 is 28.4 Å². The third-order valence-corrected chi connectivity index (χ3v) is 6.87. The van der Waals surface area contributed by atoms with Crippen molar-refractivity contribution in [3.05, 3.63) is 12.4 Å². The van der Waals surface area contributed by atoms with Gasteiger partial charge in [0.15, 0.2) is 0 Å². The number of alkyl carbamates (subject to hydrolysis) is 1. The highest BCUT2D eigenvalue weighted by Gasteiger charge is 2.52. The third-order valence-electron chi connectivity index (χ3n) is 6.87. The van der Waals surface area contributed by atoms with Crippen LogP contribution in [0.2, 0.25) is 0 Å². The minimum Gasteiger partial charge on any atom is -0.463 e. The van der Waals surface area contributed by atoms with Crippen LogP contribution in [0.1, 0.15) is 74.7 Å². The molecule has 2 saturated heterocycles. The second-order valence-electron chi connectivity index (χ2n) is 11.7. The fraction of sp³-hybridized carbons (Fsp3) is 0.760. The van der Waals surface area contributed by atoms with Crippen molar-refractivity contribution in [2.24, 2.45) is 5.92 Å². The summed E-state index contributed by atoms with van der Waals surface area (Å²) in [7, 11) is -0.512. The summed E-state index contributed by atoms with van der Waals surface area (Å²) in [6, 6.07) is -0.347. The molecule has 2 fully saturated rings. The first-order valence-electron chi connectivity index (χ1n) is 12.8. The number of carbonyl (C=O) groups excluding carboxylic acids is 2. The molecule has 1 N–H and O–H groups in total. The number of amides is 2. The van der Waals surface area contributed by atoms with Crippen molar-refractivity contribution in [3.63, 3.8) is 0 Å². The van der Waals surface area contributed by atoms with Gasteiger partial charge in [0, 0.05) is 30.9 Å². The van der Waals surface area contributed by atoms with E-state index in [0.717, 1.165) is 24.7 Å². The molecule has 2 aliphatic rings. The van der Waals surface area contributed by atoms with Crippen LogP contribution in [0, 0.1) is 5.92 Å². The van der Waals surface area contributed by atoms with Gasteiger partial charge in [0.2, 0.25) is 5.91 Å². The molecule has 3 rings (SSSR count). The van der Waals surface area contributed by atoms with Gasteiger partial charge in [0.1, 0.15) is 11.6 Å². The number of aromatic nitrogens is 2. The molecule has 36 heavy (non-hydrogen) atoms. The maximum Gasteiger partial charge on any atom is 0.498 e. The van der Waals surface area contributed by atoms with Gasteiger partial charge in [-0.15, -0.1) is 0 Å². The number of hydrogen-bond acceptors (Lipinski definition) is 8. The first kappa shape index (κ1) is 28.2. The predicted octanol–water partition coefficient (Wildman–Crippen LogP) is 2.70. The molecule has 11 heteroatoms. The first-order chi connectivity index (χ1) is 16.7. The lowest BCUT2D eigenvalue weighted by molar-refractivity contribution is -0.135. The minimum atomic E-state index is -0.647. The molecule has 1 aromatic heterocycles. The molecule has 0 saturated carbocycles. The molecule has 0 spiro atoms. The largest absolute Gasteiger partial charge is 0.498 e. The number of piperidine rings is 1. The molecule has 10 nitrogen and oxygen atoms in total. The summed E-state index contributed by atoms with van der Waals surface area (Å²) in [5.41, 5.74) is -0.715. The fourth-order valence-corrected chi connectivity index (χ4v) is 4.14. The van der Waals surface area contributed by atoms with Gasteiger partial charge in [-0.3, -0.25) is 4.79 Å². The zero-order valence-corrected chi connectivity index (χ0v) is 22.9. The van der Waals surface area contributed by atoms with E-state index in [0.29, 0.717) is 31.6 Å². The lowest BCUT2D eigenvalue weighted by atomic mass is 9.81. The van der Waals surface area contributed by atoms with Crippen LogP contribution in [0.3, 0.4) is 0 Å². The summed E-state index contributed by atoms with van der Waals surface area (Å²) in [5, 5.41) is 2.64. The Morgan fingerprint density at radius 3 is 2.39 bits per heavy atom. The van der Waals surface area contributed by atoms with Crippen LogP contribution >= 0.6 is 0 Å². The Morgan fingerprint density at radius 2 is 1.81 bits per heavy atom. The van der Waals surface area contributed by atoms with Crippen LogP contribution in [0.25, 0.3) is 0 Å². The van der Waals surface area contributed by atoms with Crippen LogP contribution in [-0.4, -0.2) is 76.5 Å². The molecule has 200 valence electrons. The Balaban J connectivity index is 1.43. The van der Waals surface area contributed by atoms with Gasteiger partial charge >= 0.3 is 19.2 Å². The Morgan fingerprint density at radius 1 is 1.19 bits per heavy atom. The molecule has 0 bridgehead atoms. The molecular formula is C25H41BN4O6. The van der Waals surface area contributed by atoms with Gasteiger partial charge in [0.05, 0.1) is 17.8 Å². The number of nitrogens with zero attached hydrogens (tertiary/aromatic N) is 3. The van der Waals surface area contributed by atoms with Gasteiger partial charge in [0.25, 0.3) is 0 Å². The summed E-state index contributed by atoms with van der Waals surface area (Å²) in [4.78, 5) is 35.3. The van der Waals surface area contributed by atoms with E-state index < -0.39 is 36.1 Å². The summed E-state index contributed by atoms with van der Waals surface area (Å²) in [6.45, 7) is 16.8. The Labute approximate surface area is 215 Å². The molecule has 2 amide bonds. The Bertz CT molecular complexity index is 902. The van der Waals surface area contributed by atoms with Crippen LogP contribution < -0.4 is 15.5 Å². The van der Waals surface area contributed by atoms with Gasteiger partial charge in [-0.1, -0.05) is 0 Å². The van der Waals surface area contributed by atoms with Crippen LogP contribution in [0.15, 0.2) is 12.4 Å². The SMILES string of the molecule is CC(NC(=O)OC(C)(C)C)C(=O)N1CCCC(CCOc2ncc(B3OC(C)(C)C(C)(C)O3)cn2)C1. The van der Waals surface area contributed by atoms with E-state index in [1.165, 1.54) is 0 Å². The lowest BCUT2D eigenvalue weighted by Gasteiger charge is -2.34. The smallest absolute Gasteiger partial charge is 0.463 e. The van der Waals surface area contributed by atoms with E-state index in [2.05, 4.69) is 15.3 Å². The van der Waals surface area contributed by atoms with Crippen molar-refractivity contribution in [1.82, 2.24) is 20.2 Å². The average Bonchev–Trinajstić information content (AvgIpc) is 2.99. The zero-order chi connectivity index (χ0) is 26.7. The average molecular weight is 504 g/mol. The van der Waals surface area contributed by atoms with Crippen LogP contribution in [-0.2, 0) is 18.8 Å². The predicted molar refractivity (Wildman–Crippen MR) is 136 cm³/mol. The quantitative estimate of drug-likeness (QED) is 0.565. The van der Waals surface area contributed by atoms with E-state index in [-0.39, 0.29) is 5.91 Å². The molecule has 1 aromatic rings.